The second kappa shape index (κ2) is 29.4. The predicted molar refractivity (Wildman–Crippen MR) is 302 cm³/mol. The Bertz CT molecular complexity index is 2660. The van der Waals surface area contributed by atoms with Crippen molar-refractivity contribution in [1.29, 1.82) is 0 Å². The topological polar surface area (TPSA) is 202 Å². The molecule has 12 nitrogen and oxygen atoms in total. The SMILES string of the molecule is CCC(C)[C@H](NC(=O)[C@@H](CC(=O)[C@H](CS)NC(=O)[C@@H](CC(C)=O)CC(C)C)Cc1ccc(O)cc1)C(=O)C[C@@H](CCC(N)=O)C(=O)NCc1ccc(CCC(c2ccccc2)(c2ccccc2)c2ccc(C)cc2)cc1. The van der Waals surface area contributed by atoms with E-state index < -0.39 is 70.4 Å². The van der Waals surface area contributed by atoms with Gasteiger partial charge in [-0.3, -0.25) is 28.8 Å². The van der Waals surface area contributed by atoms with E-state index in [1.54, 1.807) is 12.1 Å². The van der Waals surface area contributed by atoms with Crippen LogP contribution in [0.5, 0.6) is 5.75 Å². The van der Waals surface area contributed by atoms with Gasteiger partial charge in [0.2, 0.25) is 23.6 Å². The van der Waals surface area contributed by atoms with Crippen LogP contribution < -0.4 is 21.7 Å². The highest BCUT2D eigenvalue weighted by atomic mass is 32.1. The van der Waals surface area contributed by atoms with Crippen LogP contribution in [0.15, 0.2) is 133 Å². The summed E-state index contributed by atoms with van der Waals surface area (Å²) in [5, 5.41) is 18.7. The number of carbonyl (C=O) groups is 7. The molecular formula is C63H78N4O8S. The van der Waals surface area contributed by atoms with Crippen molar-refractivity contribution in [2.45, 2.75) is 130 Å². The maximum absolute atomic E-state index is 14.4. The minimum absolute atomic E-state index is 0.0117. The zero-order valence-electron chi connectivity index (χ0n) is 45.1. The van der Waals surface area contributed by atoms with Gasteiger partial charge in [0.1, 0.15) is 11.5 Å². The number of hydrogen-bond acceptors (Lipinski definition) is 9. The summed E-state index contributed by atoms with van der Waals surface area (Å²) in [6, 6.07) is 42.2. The Labute approximate surface area is 455 Å². The summed E-state index contributed by atoms with van der Waals surface area (Å²) in [6.07, 6.45) is 1.85. The molecule has 1 unspecified atom stereocenters. The maximum Gasteiger partial charge on any atom is 0.224 e. The fourth-order valence-corrected chi connectivity index (χ4v) is 10.3. The number of Topliss-reactive ketones (excluding diaryl/α,β-unsaturated/α-hetero) is 3. The van der Waals surface area contributed by atoms with E-state index in [2.05, 4.69) is 120 Å². The lowest BCUT2D eigenvalue weighted by molar-refractivity contribution is -0.135. The Morgan fingerprint density at radius 3 is 1.71 bits per heavy atom. The largest absolute Gasteiger partial charge is 0.508 e. The number of nitrogens with one attached hydrogen (secondary N) is 3. The molecule has 0 aliphatic heterocycles. The van der Waals surface area contributed by atoms with E-state index in [1.807, 2.05) is 52.0 Å². The lowest BCUT2D eigenvalue weighted by atomic mass is 9.66. The molecule has 0 aromatic heterocycles. The number of hydrogen-bond donors (Lipinski definition) is 6. The Kier molecular flexibility index (Phi) is 23.2. The van der Waals surface area contributed by atoms with Crippen LogP contribution in [0, 0.1) is 36.5 Å². The van der Waals surface area contributed by atoms with E-state index in [-0.39, 0.29) is 74.2 Å². The average molecular weight is 1050 g/mol. The van der Waals surface area contributed by atoms with Crippen molar-refractivity contribution >= 4 is 53.6 Å². The highest BCUT2D eigenvalue weighted by Crippen LogP contribution is 2.43. The van der Waals surface area contributed by atoms with Crippen LogP contribution in [0.25, 0.3) is 0 Å². The van der Waals surface area contributed by atoms with Crippen LogP contribution in [-0.4, -0.2) is 63.9 Å². The van der Waals surface area contributed by atoms with Gasteiger partial charge in [0.25, 0.3) is 0 Å². The number of aryl methyl sites for hydroxylation is 2. The second-order valence-electron chi connectivity index (χ2n) is 21.0. The van der Waals surface area contributed by atoms with Gasteiger partial charge in [-0.05, 0) is 103 Å². The van der Waals surface area contributed by atoms with Gasteiger partial charge in [0, 0.05) is 61.1 Å². The first-order valence-electron chi connectivity index (χ1n) is 26.7. The number of phenolic OH excluding ortho intramolecular Hbond substituents is 1. The number of benzene rings is 5. The van der Waals surface area contributed by atoms with Crippen LogP contribution >= 0.6 is 12.6 Å². The molecule has 0 bridgehead atoms. The monoisotopic (exact) mass is 1050 g/mol. The third-order valence-corrected chi connectivity index (χ3v) is 14.9. The molecule has 0 saturated heterocycles. The van der Waals surface area contributed by atoms with Crippen molar-refractivity contribution in [3.63, 3.8) is 0 Å². The molecule has 0 aliphatic rings. The van der Waals surface area contributed by atoms with E-state index >= 15 is 0 Å². The summed E-state index contributed by atoms with van der Waals surface area (Å²) in [4.78, 5) is 94.4. The molecule has 0 heterocycles. The number of thiol groups is 1. The number of nitrogens with two attached hydrogens (primary N) is 1. The Morgan fingerprint density at radius 2 is 1.17 bits per heavy atom. The Hall–Kier alpha value is -6.86. The third kappa shape index (κ3) is 17.6. The van der Waals surface area contributed by atoms with E-state index in [0.29, 0.717) is 18.4 Å². The quantitative estimate of drug-likeness (QED) is 0.0186. The number of ketones is 3. The summed E-state index contributed by atoms with van der Waals surface area (Å²) in [5.74, 6) is -5.99. The van der Waals surface area contributed by atoms with Crippen LogP contribution in [0.2, 0.25) is 0 Å². The van der Waals surface area contributed by atoms with Crippen LogP contribution in [0.4, 0.5) is 0 Å². The molecule has 76 heavy (non-hydrogen) atoms. The molecule has 5 aromatic carbocycles. The summed E-state index contributed by atoms with van der Waals surface area (Å²) >= 11 is 4.38. The third-order valence-electron chi connectivity index (χ3n) is 14.6. The molecule has 404 valence electrons. The Morgan fingerprint density at radius 1 is 0.632 bits per heavy atom. The van der Waals surface area contributed by atoms with Gasteiger partial charge in [-0.25, -0.2) is 0 Å². The number of rotatable bonds is 31. The fraction of sp³-hybridized carbons (Fsp3) is 0.413. The molecule has 5 rings (SSSR count). The molecule has 13 heteroatoms. The van der Waals surface area contributed by atoms with Crippen molar-refractivity contribution in [3.8, 4) is 5.75 Å². The van der Waals surface area contributed by atoms with Crippen molar-refractivity contribution in [2.24, 2.45) is 35.3 Å². The van der Waals surface area contributed by atoms with Crippen molar-refractivity contribution in [1.82, 2.24) is 16.0 Å². The second-order valence-corrected chi connectivity index (χ2v) is 21.4. The normalized spacial score (nSPS) is 13.8. The first-order valence-corrected chi connectivity index (χ1v) is 27.3. The van der Waals surface area contributed by atoms with E-state index in [1.165, 1.54) is 41.3 Å². The number of carbonyl (C=O) groups excluding carboxylic acids is 7. The number of primary amides is 1. The molecule has 4 amide bonds. The minimum Gasteiger partial charge on any atom is -0.508 e. The van der Waals surface area contributed by atoms with E-state index in [4.69, 9.17) is 5.73 Å². The molecule has 0 saturated carbocycles. The van der Waals surface area contributed by atoms with E-state index in [9.17, 15) is 38.7 Å². The number of phenols is 1. The van der Waals surface area contributed by atoms with Crippen LogP contribution in [0.1, 0.15) is 125 Å². The molecule has 5 aromatic rings. The van der Waals surface area contributed by atoms with Crippen molar-refractivity contribution in [2.75, 3.05) is 5.75 Å². The highest BCUT2D eigenvalue weighted by Gasteiger charge is 2.37. The standard InChI is InChI=1S/C63H78N4O8S/c1-7-43(5)59(67-62(75)50(36-46-24-29-54(69)30-25-46)38-56(70)55(40-76)66-61(74)49(34-41(2)3)35-44(6)68)57(71)37-48(26-31-58(64)72)60(73)65-39-47-22-20-45(21-23-47)32-33-63(51-14-10-8-11-15-51,52-16-12-9-13-17-52)53-27-18-42(4)19-28-53/h8-25,27-30,41,43,48-50,55,59,69,76H,7,26,31-40H2,1-6H3,(H2,64,72)(H,65,73)(H,66,74)(H,67,75)/t43?,48-,49-,50-,55+,59+/m1/s1. The van der Waals surface area contributed by atoms with Crippen molar-refractivity contribution in [3.05, 3.63) is 172 Å². The van der Waals surface area contributed by atoms with Gasteiger partial charge in [0.15, 0.2) is 11.6 Å². The van der Waals surface area contributed by atoms with Gasteiger partial charge < -0.3 is 31.6 Å². The van der Waals surface area contributed by atoms with Crippen LogP contribution in [0.3, 0.4) is 0 Å². The summed E-state index contributed by atoms with van der Waals surface area (Å²) in [7, 11) is 0. The first-order chi connectivity index (χ1) is 36.3. The zero-order valence-corrected chi connectivity index (χ0v) is 46.0. The molecule has 0 fully saturated rings. The summed E-state index contributed by atoms with van der Waals surface area (Å²) in [6.45, 7) is 11.3. The van der Waals surface area contributed by atoms with Crippen molar-refractivity contribution < 1.29 is 38.7 Å². The predicted octanol–water partition coefficient (Wildman–Crippen LogP) is 9.53. The fourth-order valence-electron chi connectivity index (χ4n) is 10.0. The molecule has 6 N–H and O–H groups in total. The molecule has 0 spiro atoms. The summed E-state index contributed by atoms with van der Waals surface area (Å²) < 4.78 is 0. The first kappa shape index (κ1) is 60.0. The number of amides is 4. The van der Waals surface area contributed by atoms with Gasteiger partial charge in [-0.1, -0.05) is 161 Å². The smallest absolute Gasteiger partial charge is 0.224 e. The number of aromatic hydroxyl groups is 1. The molecule has 0 aliphatic carbocycles. The Balaban J connectivity index is 1.30. The lowest BCUT2D eigenvalue weighted by Gasteiger charge is -2.36. The minimum atomic E-state index is -1.06. The lowest BCUT2D eigenvalue weighted by Crippen LogP contribution is -2.50. The average Bonchev–Trinajstić information content (AvgIpc) is 3.40. The summed E-state index contributed by atoms with van der Waals surface area (Å²) in [5.41, 5.74) is 12.6. The van der Waals surface area contributed by atoms with Gasteiger partial charge in [-0.15, -0.1) is 0 Å². The highest BCUT2D eigenvalue weighted by molar-refractivity contribution is 7.80. The molecule has 6 atom stereocenters. The zero-order chi connectivity index (χ0) is 55.4. The van der Waals surface area contributed by atoms with Gasteiger partial charge in [-0.2, -0.15) is 12.6 Å². The molecular weight excluding hydrogens is 973 g/mol. The maximum atomic E-state index is 14.4. The van der Waals surface area contributed by atoms with Gasteiger partial charge in [0.05, 0.1) is 12.1 Å². The van der Waals surface area contributed by atoms with Crippen LogP contribution in [-0.2, 0) is 58.4 Å². The van der Waals surface area contributed by atoms with E-state index in [0.717, 1.165) is 24.0 Å². The van der Waals surface area contributed by atoms with Gasteiger partial charge >= 0.3 is 0 Å². The molecule has 0 radical (unpaired) electrons.